The van der Waals surface area contributed by atoms with Crippen molar-refractivity contribution in [3.63, 3.8) is 0 Å². The van der Waals surface area contributed by atoms with E-state index >= 15 is 0 Å². The highest BCUT2D eigenvalue weighted by Crippen LogP contribution is 2.50. The number of benzene rings is 3. The number of allylic oxidation sites excluding steroid dienone is 1. The highest BCUT2D eigenvalue weighted by atomic mass is 35.5. The summed E-state index contributed by atoms with van der Waals surface area (Å²) in [7, 11) is 1.50. The zero-order valence-electron chi connectivity index (χ0n) is 18.5. The minimum Gasteiger partial charge on any atom is -0.493 e. The largest absolute Gasteiger partial charge is 0.493 e. The molecule has 3 aromatic rings. The van der Waals surface area contributed by atoms with Gasteiger partial charge in [-0.25, -0.2) is 0 Å². The molecule has 8 nitrogen and oxygen atoms in total. The van der Waals surface area contributed by atoms with Crippen LogP contribution in [-0.2, 0) is 6.61 Å². The zero-order chi connectivity index (χ0) is 24.5. The number of rotatable bonds is 5. The van der Waals surface area contributed by atoms with E-state index in [0.29, 0.717) is 51.0 Å². The Labute approximate surface area is 206 Å². The molecular formula is C26H18ClN3O5. The first-order valence-electron chi connectivity index (χ1n) is 10.5. The lowest BCUT2D eigenvalue weighted by atomic mass is 9.83. The minimum atomic E-state index is -0.585. The van der Waals surface area contributed by atoms with Gasteiger partial charge in [0, 0.05) is 17.2 Å². The predicted octanol–water partition coefficient (Wildman–Crippen LogP) is 4.75. The molecule has 0 fully saturated rings. The molecule has 0 aromatic heterocycles. The van der Waals surface area contributed by atoms with Crippen LogP contribution in [0.4, 0.5) is 0 Å². The van der Waals surface area contributed by atoms with Crippen LogP contribution < -0.4 is 29.4 Å². The molecule has 2 aliphatic rings. The predicted molar refractivity (Wildman–Crippen MR) is 125 cm³/mol. The number of ether oxygens (including phenoxy) is 5. The molecule has 1 unspecified atom stereocenters. The van der Waals surface area contributed by atoms with E-state index in [1.54, 1.807) is 36.4 Å². The Hall–Kier alpha value is -4.53. The van der Waals surface area contributed by atoms with Crippen molar-refractivity contribution in [1.82, 2.24) is 0 Å². The number of nitriles is 2. The van der Waals surface area contributed by atoms with Gasteiger partial charge >= 0.3 is 0 Å². The summed E-state index contributed by atoms with van der Waals surface area (Å²) in [5, 5.41) is 19.5. The van der Waals surface area contributed by atoms with Crippen LogP contribution in [0.25, 0.3) is 0 Å². The lowest BCUT2D eigenvalue weighted by molar-refractivity contribution is 0.174. The molecule has 0 bridgehead atoms. The molecule has 3 aromatic carbocycles. The van der Waals surface area contributed by atoms with E-state index in [1.807, 2.05) is 12.1 Å². The normalized spacial score (nSPS) is 15.5. The maximum Gasteiger partial charge on any atom is 0.231 e. The molecule has 35 heavy (non-hydrogen) atoms. The molecule has 2 N–H and O–H groups in total. The standard InChI is InChI=1S/C26H18ClN3O5/c1-31-23-7-16(6-19(27)25(23)32-12-15-5-3-2-4-14(15)10-28)24-17-8-21-22(34-13-33-21)9-20(17)35-26(30)18(24)11-29/h2-9,24H,12-13,30H2,1H3. The number of methoxy groups -OCH3 is 1. The average molecular weight is 488 g/mol. The van der Waals surface area contributed by atoms with Gasteiger partial charge in [-0.2, -0.15) is 10.5 Å². The van der Waals surface area contributed by atoms with Gasteiger partial charge in [-0.05, 0) is 29.8 Å². The van der Waals surface area contributed by atoms with Gasteiger partial charge in [0.2, 0.25) is 12.7 Å². The van der Waals surface area contributed by atoms with E-state index in [-0.39, 0.29) is 29.9 Å². The Bertz CT molecular complexity index is 1450. The van der Waals surface area contributed by atoms with Gasteiger partial charge in [0.05, 0.1) is 29.7 Å². The van der Waals surface area contributed by atoms with Crippen LogP contribution in [0.5, 0.6) is 28.7 Å². The number of halogens is 1. The molecule has 0 aliphatic carbocycles. The van der Waals surface area contributed by atoms with Gasteiger partial charge in [-0.15, -0.1) is 0 Å². The maximum absolute atomic E-state index is 9.88. The van der Waals surface area contributed by atoms with Crippen molar-refractivity contribution in [3.8, 4) is 40.9 Å². The number of nitrogens with two attached hydrogens (primary N) is 1. The maximum atomic E-state index is 9.88. The number of nitrogens with zero attached hydrogens (tertiary/aromatic N) is 2. The summed E-state index contributed by atoms with van der Waals surface area (Å²) < 4.78 is 28.2. The molecule has 5 rings (SSSR count). The third kappa shape index (κ3) is 3.90. The van der Waals surface area contributed by atoms with Gasteiger partial charge in [0.25, 0.3) is 0 Å². The minimum absolute atomic E-state index is 0.00704. The number of fused-ring (bicyclic) bond motifs is 2. The van der Waals surface area contributed by atoms with Crippen LogP contribution in [0.15, 0.2) is 60.0 Å². The lowest BCUT2D eigenvalue weighted by Crippen LogP contribution is -2.21. The van der Waals surface area contributed by atoms with Gasteiger partial charge in [0.1, 0.15) is 24.0 Å². The van der Waals surface area contributed by atoms with Gasteiger partial charge < -0.3 is 29.4 Å². The SMILES string of the molecule is COc1cc(C2C(C#N)=C(N)Oc3cc4c(cc32)OCO4)cc(Cl)c1OCc1ccccc1C#N. The van der Waals surface area contributed by atoms with Gasteiger partial charge in [-0.3, -0.25) is 0 Å². The van der Waals surface area contributed by atoms with Crippen LogP contribution in [0.2, 0.25) is 5.02 Å². The fourth-order valence-electron chi connectivity index (χ4n) is 4.14. The molecule has 1 atom stereocenters. The Balaban J connectivity index is 1.56. The Morgan fingerprint density at radius 3 is 2.57 bits per heavy atom. The molecule has 0 amide bonds. The molecule has 0 saturated heterocycles. The van der Waals surface area contributed by atoms with E-state index < -0.39 is 5.92 Å². The van der Waals surface area contributed by atoms with Crippen LogP contribution in [0.1, 0.15) is 28.2 Å². The summed E-state index contributed by atoms with van der Waals surface area (Å²) >= 11 is 6.64. The van der Waals surface area contributed by atoms with Crippen molar-refractivity contribution in [2.24, 2.45) is 5.73 Å². The van der Waals surface area contributed by atoms with E-state index in [2.05, 4.69) is 12.1 Å². The summed E-state index contributed by atoms with van der Waals surface area (Å²) in [5.41, 5.74) is 8.89. The first kappa shape index (κ1) is 22.3. The van der Waals surface area contributed by atoms with E-state index in [1.165, 1.54) is 7.11 Å². The second-order valence-corrected chi connectivity index (χ2v) is 8.17. The van der Waals surface area contributed by atoms with Crippen molar-refractivity contribution in [2.75, 3.05) is 13.9 Å². The third-order valence-electron chi connectivity index (χ3n) is 5.81. The summed E-state index contributed by atoms with van der Waals surface area (Å²) in [4.78, 5) is 0. The molecule has 0 radical (unpaired) electrons. The molecule has 2 heterocycles. The second kappa shape index (κ2) is 9.02. The molecular weight excluding hydrogens is 470 g/mol. The highest BCUT2D eigenvalue weighted by molar-refractivity contribution is 6.32. The van der Waals surface area contributed by atoms with E-state index in [9.17, 15) is 10.5 Å². The van der Waals surface area contributed by atoms with Crippen molar-refractivity contribution in [3.05, 3.63) is 87.3 Å². The third-order valence-corrected chi connectivity index (χ3v) is 6.09. The molecule has 0 spiro atoms. The Morgan fingerprint density at radius 1 is 1.06 bits per heavy atom. The summed E-state index contributed by atoms with van der Waals surface area (Å²) in [5.74, 6) is 1.63. The fourth-order valence-corrected chi connectivity index (χ4v) is 4.42. The molecule has 0 saturated carbocycles. The second-order valence-electron chi connectivity index (χ2n) is 7.76. The number of hydrogen-bond donors (Lipinski definition) is 1. The van der Waals surface area contributed by atoms with Crippen molar-refractivity contribution < 1.29 is 23.7 Å². The monoisotopic (exact) mass is 487 g/mol. The van der Waals surface area contributed by atoms with E-state index in [4.69, 9.17) is 41.0 Å². The first-order valence-corrected chi connectivity index (χ1v) is 10.9. The van der Waals surface area contributed by atoms with Crippen LogP contribution >= 0.6 is 11.6 Å². The highest BCUT2D eigenvalue weighted by Gasteiger charge is 2.34. The fraction of sp³-hybridized carbons (Fsp3) is 0.154. The van der Waals surface area contributed by atoms with Crippen molar-refractivity contribution in [1.29, 1.82) is 10.5 Å². The van der Waals surface area contributed by atoms with Crippen LogP contribution in [-0.4, -0.2) is 13.9 Å². The Morgan fingerprint density at radius 2 is 1.83 bits per heavy atom. The topological polar surface area (TPSA) is 120 Å². The average Bonchev–Trinajstić information content (AvgIpc) is 3.33. The lowest BCUT2D eigenvalue weighted by Gasteiger charge is -2.27. The van der Waals surface area contributed by atoms with Crippen molar-refractivity contribution in [2.45, 2.75) is 12.5 Å². The summed E-state index contributed by atoms with van der Waals surface area (Å²) in [6, 6.07) is 18.3. The van der Waals surface area contributed by atoms with Crippen LogP contribution in [0, 0.1) is 22.7 Å². The number of hydrogen-bond acceptors (Lipinski definition) is 8. The summed E-state index contributed by atoms with van der Waals surface area (Å²) in [6.07, 6.45) is 0. The molecule has 2 aliphatic heterocycles. The zero-order valence-corrected chi connectivity index (χ0v) is 19.3. The van der Waals surface area contributed by atoms with Gasteiger partial charge in [-0.1, -0.05) is 29.8 Å². The summed E-state index contributed by atoms with van der Waals surface area (Å²) in [6.45, 7) is 0.219. The first-order chi connectivity index (χ1) is 17.0. The van der Waals surface area contributed by atoms with E-state index in [0.717, 1.165) is 0 Å². The Kier molecular flexibility index (Phi) is 5.74. The quantitative estimate of drug-likeness (QED) is 0.547. The van der Waals surface area contributed by atoms with Crippen LogP contribution in [0.3, 0.4) is 0 Å². The molecule has 9 heteroatoms. The van der Waals surface area contributed by atoms with Gasteiger partial charge in [0.15, 0.2) is 23.0 Å². The van der Waals surface area contributed by atoms with Crippen molar-refractivity contribution >= 4 is 11.6 Å². The smallest absolute Gasteiger partial charge is 0.231 e. The molecule has 174 valence electrons.